The minimum absolute atomic E-state index is 0.165. The standard InChI is InChI=1S/C24H21ClN4O4/c1-14-28-20-13-27-22(26-2)12-19(20)23(30)29(14)8-9-33-21-7-6-17(25)11-18(21)15-4-3-5-16(10-15)24(31)32/h3-7,10-13H,8-9H2,1-2H3,(H,26,27)(H,31,32). The number of carboxylic acids is 1. The maximum atomic E-state index is 13.0. The molecule has 0 unspecified atom stereocenters. The molecule has 33 heavy (non-hydrogen) atoms. The summed E-state index contributed by atoms with van der Waals surface area (Å²) in [6.07, 6.45) is 1.57. The number of nitrogens with zero attached hydrogens (tertiary/aromatic N) is 3. The molecule has 2 aromatic carbocycles. The number of ether oxygens (including phenoxy) is 1. The highest BCUT2D eigenvalue weighted by atomic mass is 35.5. The van der Waals surface area contributed by atoms with E-state index in [4.69, 9.17) is 16.3 Å². The third-order valence-electron chi connectivity index (χ3n) is 5.22. The van der Waals surface area contributed by atoms with Gasteiger partial charge in [-0.1, -0.05) is 23.7 Å². The average molecular weight is 465 g/mol. The number of aromatic nitrogens is 3. The number of carbonyl (C=O) groups is 1. The van der Waals surface area contributed by atoms with Crippen LogP contribution in [0.3, 0.4) is 0 Å². The molecule has 9 heteroatoms. The van der Waals surface area contributed by atoms with Crippen molar-refractivity contribution in [1.82, 2.24) is 14.5 Å². The lowest BCUT2D eigenvalue weighted by Crippen LogP contribution is -2.26. The number of halogens is 1. The maximum absolute atomic E-state index is 13.0. The van der Waals surface area contributed by atoms with Gasteiger partial charge < -0.3 is 15.2 Å². The second-order valence-corrected chi connectivity index (χ2v) is 7.76. The summed E-state index contributed by atoms with van der Waals surface area (Å²) in [4.78, 5) is 33.1. The monoisotopic (exact) mass is 464 g/mol. The topological polar surface area (TPSA) is 106 Å². The first-order valence-corrected chi connectivity index (χ1v) is 10.6. The molecule has 0 aliphatic carbocycles. The zero-order chi connectivity index (χ0) is 23.5. The second-order valence-electron chi connectivity index (χ2n) is 7.33. The predicted molar refractivity (Wildman–Crippen MR) is 127 cm³/mol. The lowest BCUT2D eigenvalue weighted by atomic mass is 10.0. The SMILES string of the molecule is CNc1cc2c(=O)n(CCOc3ccc(Cl)cc3-c3cccc(C(=O)O)c3)c(C)nc2cn1. The molecule has 4 rings (SSSR count). The van der Waals surface area contributed by atoms with E-state index in [0.29, 0.717) is 44.4 Å². The van der Waals surface area contributed by atoms with Crippen molar-refractivity contribution in [2.45, 2.75) is 13.5 Å². The van der Waals surface area contributed by atoms with Crippen molar-refractivity contribution in [2.24, 2.45) is 0 Å². The normalized spacial score (nSPS) is 10.9. The van der Waals surface area contributed by atoms with Gasteiger partial charge in [0, 0.05) is 17.6 Å². The van der Waals surface area contributed by atoms with Gasteiger partial charge in [-0.15, -0.1) is 0 Å². The molecule has 4 aromatic rings. The fourth-order valence-corrected chi connectivity index (χ4v) is 3.73. The summed E-state index contributed by atoms with van der Waals surface area (Å²) in [6, 6.07) is 13.4. The zero-order valence-corrected chi connectivity index (χ0v) is 18.8. The Bertz CT molecular complexity index is 1420. The summed E-state index contributed by atoms with van der Waals surface area (Å²) in [5, 5.41) is 13.2. The molecule has 8 nitrogen and oxygen atoms in total. The first kappa shape index (κ1) is 22.3. The van der Waals surface area contributed by atoms with Crippen LogP contribution in [0.2, 0.25) is 5.02 Å². The molecule has 0 atom stereocenters. The molecule has 0 bridgehead atoms. The third-order valence-corrected chi connectivity index (χ3v) is 5.46. The Hall–Kier alpha value is -3.91. The average Bonchev–Trinajstić information content (AvgIpc) is 2.81. The number of nitrogens with one attached hydrogen (secondary N) is 1. The van der Waals surface area contributed by atoms with Crippen LogP contribution >= 0.6 is 11.6 Å². The maximum Gasteiger partial charge on any atom is 0.335 e. The molecule has 0 fully saturated rings. The van der Waals surface area contributed by atoms with Crippen molar-refractivity contribution >= 4 is 34.3 Å². The van der Waals surface area contributed by atoms with Gasteiger partial charge in [0.05, 0.1) is 29.2 Å². The Morgan fingerprint density at radius 2 is 2.03 bits per heavy atom. The number of carboxylic acid groups (broad SMARTS) is 1. The van der Waals surface area contributed by atoms with E-state index in [2.05, 4.69) is 15.3 Å². The largest absolute Gasteiger partial charge is 0.491 e. The second kappa shape index (κ2) is 9.30. The van der Waals surface area contributed by atoms with E-state index in [-0.39, 0.29) is 24.3 Å². The van der Waals surface area contributed by atoms with Crippen LogP contribution in [0.5, 0.6) is 5.75 Å². The van der Waals surface area contributed by atoms with Crippen molar-refractivity contribution in [2.75, 3.05) is 19.0 Å². The summed E-state index contributed by atoms with van der Waals surface area (Å²) in [7, 11) is 1.73. The third kappa shape index (κ3) is 4.65. The highest BCUT2D eigenvalue weighted by Crippen LogP contribution is 2.33. The van der Waals surface area contributed by atoms with E-state index >= 15 is 0 Å². The van der Waals surface area contributed by atoms with Crippen molar-refractivity contribution in [1.29, 1.82) is 0 Å². The smallest absolute Gasteiger partial charge is 0.335 e. The van der Waals surface area contributed by atoms with Crippen molar-refractivity contribution in [3.05, 3.63) is 81.5 Å². The molecule has 0 saturated heterocycles. The molecule has 0 spiro atoms. The van der Waals surface area contributed by atoms with Crippen LogP contribution in [0.25, 0.3) is 22.0 Å². The number of benzene rings is 2. The van der Waals surface area contributed by atoms with Gasteiger partial charge in [-0.25, -0.2) is 14.8 Å². The number of fused-ring (bicyclic) bond motifs is 1. The van der Waals surface area contributed by atoms with Crippen LogP contribution in [-0.4, -0.2) is 39.3 Å². The Balaban J connectivity index is 1.61. The fourth-order valence-electron chi connectivity index (χ4n) is 3.56. The van der Waals surface area contributed by atoms with Gasteiger partial charge in [0.2, 0.25) is 0 Å². The number of hydrogen-bond acceptors (Lipinski definition) is 6. The summed E-state index contributed by atoms with van der Waals surface area (Å²) in [6.45, 7) is 2.24. The minimum Gasteiger partial charge on any atom is -0.491 e. The molecule has 0 aliphatic rings. The number of rotatable bonds is 7. The van der Waals surface area contributed by atoms with Crippen LogP contribution in [-0.2, 0) is 6.54 Å². The van der Waals surface area contributed by atoms with E-state index in [9.17, 15) is 14.7 Å². The molecule has 2 heterocycles. The first-order chi connectivity index (χ1) is 15.9. The Morgan fingerprint density at radius 1 is 1.21 bits per heavy atom. The lowest BCUT2D eigenvalue weighted by molar-refractivity contribution is 0.0697. The van der Waals surface area contributed by atoms with Crippen LogP contribution in [0.1, 0.15) is 16.2 Å². The van der Waals surface area contributed by atoms with Gasteiger partial charge in [-0.2, -0.15) is 0 Å². The number of hydrogen-bond donors (Lipinski definition) is 2. The lowest BCUT2D eigenvalue weighted by Gasteiger charge is -2.15. The van der Waals surface area contributed by atoms with Gasteiger partial charge in [-0.3, -0.25) is 9.36 Å². The zero-order valence-electron chi connectivity index (χ0n) is 18.0. The number of aryl methyl sites for hydroxylation is 1. The number of aromatic carboxylic acids is 1. The van der Waals surface area contributed by atoms with Crippen molar-refractivity contribution < 1.29 is 14.6 Å². The Kier molecular flexibility index (Phi) is 6.28. The van der Waals surface area contributed by atoms with Gasteiger partial charge in [-0.05, 0) is 48.9 Å². The minimum atomic E-state index is -1.02. The van der Waals surface area contributed by atoms with Crippen LogP contribution in [0, 0.1) is 6.92 Å². The molecular weight excluding hydrogens is 444 g/mol. The molecule has 0 radical (unpaired) electrons. The van der Waals surface area contributed by atoms with Gasteiger partial charge in [0.25, 0.3) is 5.56 Å². The van der Waals surface area contributed by atoms with Gasteiger partial charge in [0.15, 0.2) is 0 Å². The summed E-state index contributed by atoms with van der Waals surface area (Å²) < 4.78 is 7.56. The van der Waals surface area contributed by atoms with Gasteiger partial charge >= 0.3 is 5.97 Å². The van der Waals surface area contributed by atoms with E-state index in [1.54, 1.807) is 67.2 Å². The van der Waals surface area contributed by atoms with Crippen molar-refractivity contribution in [3.63, 3.8) is 0 Å². The molecule has 0 saturated carbocycles. The van der Waals surface area contributed by atoms with Gasteiger partial charge in [0.1, 0.15) is 24.0 Å². The Morgan fingerprint density at radius 3 is 2.79 bits per heavy atom. The highest BCUT2D eigenvalue weighted by Gasteiger charge is 2.13. The summed E-state index contributed by atoms with van der Waals surface area (Å²) in [5.74, 6) is 0.655. The van der Waals surface area contributed by atoms with Crippen LogP contribution in [0.15, 0.2) is 59.5 Å². The quantitative estimate of drug-likeness (QED) is 0.421. The molecule has 2 aromatic heterocycles. The van der Waals surface area contributed by atoms with E-state index < -0.39 is 5.97 Å². The number of anilines is 1. The van der Waals surface area contributed by atoms with E-state index in [0.717, 1.165) is 0 Å². The molecule has 2 N–H and O–H groups in total. The van der Waals surface area contributed by atoms with E-state index in [1.165, 1.54) is 6.07 Å². The van der Waals surface area contributed by atoms with Crippen LogP contribution < -0.4 is 15.6 Å². The predicted octanol–water partition coefficient (Wildman–Crippen LogP) is 4.24. The summed E-state index contributed by atoms with van der Waals surface area (Å²) in [5.41, 5.74) is 1.85. The van der Waals surface area contributed by atoms with Crippen molar-refractivity contribution in [3.8, 4) is 16.9 Å². The molecular formula is C24H21ClN4O4. The number of pyridine rings is 1. The molecule has 0 aliphatic heterocycles. The Labute approximate surface area is 194 Å². The highest BCUT2D eigenvalue weighted by molar-refractivity contribution is 6.31. The van der Waals surface area contributed by atoms with E-state index in [1.807, 2.05) is 0 Å². The van der Waals surface area contributed by atoms with Crippen LogP contribution in [0.4, 0.5) is 5.82 Å². The summed E-state index contributed by atoms with van der Waals surface area (Å²) >= 11 is 6.18. The fraction of sp³-hybridized carbons (Fsp3) is 0.167. The first-order valence-electron chi connectivity index (χ1n) is 10.2. The molecule has 168 valence electrons. The molecule has 0 amide bonds.